The minimum atomic E-state index is -0.732. The molecule has 0 radical (unpaired) electrons. The smallest absolute Gasteiger partial charge is 0.303 e. The Morgan fingerprint density at radius 2 is 2.39 bits per heavy atom. The summed E-state index contributed by atoms with van der Waals surface area (Å²) in [7, 11) is 0. The van der Waals surface area contributed by atoms with Crippen LogP contribution in [-0.4, -0.2) is 25.6 Å². The van der Waals surface area contributed by atoms with Crippen LogP contribution in [0.25, 0.3) is 11.0 Å². The molecule has 1 N–H and O–H groups in total. The number of rotatable bonds is 6. The Labute approximate surface area is 105 Å². The molecule has 96 valence electrons. The van der Waals surface area contributed by atoms with Crippen molar-refractivity contribution in [2.45, 2.75) is 38.6 Å². The Morgan fingerprint density at radius 3 is 3.11 bits per heavy atom. The zero-order valence-electron chi connectivity index (χ0n) is 10.4. The van der Waals surface area contributed by atoms with Crippen LogP contribution >= 0.6 is 0 Å². The topological polar surface area (TPSA) is 68.0 Å². The van der Waals surface area contributed by atoms with Gasteiger partial charge in [-0.2, -0.15) is 0 Å². The number of carboxylic acids is 1. The molecule has 2 heterocycles. The second-order valence-electron chi connectivity index (χ2n) is 4.36. The van der Waals surface area contributed by atoms with E-state index in [2.05, 4.69) is 21.5 Å². The number of imidazole rings is 1. The number of aliphatic carboxylic acids is 1. The van der Waals surface area contributed by atoms with Gasteiger partial charge in [0.05, 0.1) is 18.0 Å². The normalized spacial score (nSPS) is 12.7. The van der Waals surface area contributed by atoms with Crippen molar-refractivity contribution < 1.29 is 9.90 Å². The fourth-order valence-corrected chi connectivity index (χ4v) is 2.20. The van der Waals surface area contributed by atoms with E-state index in [1.807, 2.05) is 12.4 Å². The van der Waals surface area contributed by atoms with Crippen LogP contribution in [0.3, 0.4) is 0 Å². The highest BCUT2D eigenvalue weighted by molar-refractivity contribution is 5.73. The largest absolute Gasteiger partial charge is 0.481 e. The summed E-state index contributed by atoms with van der Waals surface area (Å²) in [4.78, 5) is 18.9. The highest BCUT2D eigenvalue weighted by Crippen LogP contribution is 2.23. The van der Waals surface area contributed by atoms with Crippen molar-refractivity contribution in [1.29, 1.82) is 0 Å². The molecular formula is C13H17N3O2. The first-order chi connectivity index (χ1) is 8.72. The van der Waals surface area contributed by atoms with Gasteiger partial charge < -0.3 is 9.67 Å². The number of fused-ring (bicyclic) bond motifs is 1. The maximum absolute atomic E-state index is 10.5. The van der Waals surface area contributed by atoms with Crippen molar-refractivity contribution in [2.24, 2.45) is 0 Å². The van der Waals surface area contributed by atoms with E-state index in [9.17, 15) is 4.79 Å². The molecule has 0 amide bonds. The van der Waals surface area contributed by atoms with Crippen LogP contribution < -0.4 is 0 Å². The summed E-state index contributed by atoms with van der Waals surface area (Å²) < 4.78 is 2.12. The first kappa shape index (κ1) is 12.5. The number of nitrogens with zero attached hydrogens (tertiary/aromatic N) is 3. The summed E-state index contributed by atoms with van der Waals surface area (Å²) in [5.74, 6) is -0.732. The average molecular weight is 247 g/mol. The summed E-state index contributed by atoms with van der Waals surface area (Å²) in [6, 6.07) is 2.25. The zero-order chi connectivity index (χ0) is 13.0. The molecule has 0 saturated heterocycles. The average Bonchev–Trinajstić information content (AvgIpc) is 2.78. The van der Waals surface area contributed by atoms with Gasteiger partial charge >= 0.3 is 5.97 Å². The van der Waals surface area contributed by atoms with Gasteiger partial charge in [0.1, 0.15) is 5.52 Å². The number of hydrogen-bond acceptors (Lipinski definition) is 3. The lowest BCUT2D eigenvalue weighted by molar-refractivity contribution is -0.137. The quantitative estimate of drug-likeness (QED) is 0.852. The van der Waals surface area contributed by atoms with Gasteiger partial charge in [0.25, 0.3) is 0 Å². The summed E-state index contributed by atoms with van der Waals surface area (Å²) in [5.41, 5.74) is 1.95. The van der Waals surface area contributed by atoms with Crippen LogP contribution in [0.1, 0.15) is 38.6 Å². The van der Waals surface area contributed by atoms with Gasteiger partial charge in [-0.3, -0.25) is 9.78 Å². The van der Waals surface area contributed by atoms with Crippen LogP contribution in [-0.2, 0) is 4.79 Å². The molecule has 5 heteroatoms. The molecule has 0 bridgehead atoms. The number of pyridine rings is 1. The van der Waals surface area contributed by atoms with Gasteiger partial charge in [-0.1, -0.05) is 6.92 Å². The molecule has 0 aliphatic rings. The summed E-state index contributed by atoms with van der Waals surface area (Å²) >= 11 is 0. The Balaban J connectivity index is 2.14. The predicted molar refractivity (Wildman–Crippen MR) is 68.3 cm³/mol. The van der Waals surface area contributed by atoms with E-state index in [1.165, 1.54) is 0 Å². The van der Waals surface area contributed by atoms with Gasteiger partial charge in [-0.05, 0) is 25.3 Å². The van der Waals surface area contributed by atoms with Crippen molar-refractivity contribution in [3.8, 4) is 0 Å². The lowest BCUT2D eigenvalue weighted by Crippen LogP contribution is -2.08. The molecule has 0 aromatic carbocycles. The number of carbonyl (C=O) groups is 1. The number of carboxylic acid groups (broad SMARTS) is 1. The minimum absolute atomic E-state index is 0.227. The Morgan fingerprint density at radius 1 is 1.56 bits per heavy atom. The lowest BCUT2D eigenvalue weighted by Gasteiger charge is -2.17. The second-order valence-corrected chi connectivity index (χ2v) is 4.36. The van der Waals surface area contributed by atoms with Gasteiger partial charge in [-0.25, -0.2) is 4.98 Å². The molecule has 2 rings (SSSR count). The van der Waals surface area contributed by atoms with E-state index < -0.39 is 5.97 Å². The van der Waals surface area contributed by atoms with Crippen LogP contribution in [0.4, 0.5) is 0 Å². The second kappa shape index (κ2) is 5.62. The van der Waals surface area contributed by atoms with E-state index in [1.54, 1.807) is 12.4 Å². The molecule has 2 aromatic heterocycles. The molecule has 2 aromatic rings. The van der Waals surface area contributed by atoms with Crippen molar-refractivity contribution >= 4 is 17.0 Å². The van der Waals surface area contributed by atoms with Crippen LogP contribution in [0.5, 0.6) is 0 Å². The van der Waals surface area contributed by atoms with E-state index >= 15 is 0 Å². The van der Waals surface area contributed by atoms with Gasteiger partial charge in [0.15, 0.2) is 0 Å². The third-order valence-corrected chi connectivity index (χ3v) is 3.17. The molecule has 0 fully saturated rings. The molecule has 0 aliphatic carbocycles. The molecule has 18 heavy (non-hydrogen) atoms. The Kier molecular flexibility index (Phi) is 3.92. The molecule has 1 unspecified atom stereocenters. The molecule has 5 nitrogen and oxygen atoms in total. The maximum Gasteiger partial charge on any atom is 0.303 e. The third kappa shape index (κ3) is 2.67. The standard InChI is InChI=1S/C13H17N3O2/c1-2-10(4-3-5-13(17)18)16-9-15-11-8-14-7-6-12(11)16/h6-10H,2-5H2,1H3,(H,17,18). The van der Waals surface area contributed by atoms with Gasteiger partial charge in [0, 0.05) is 18.7 Å². The van der Waals surface area contributed by atoms with Crippen molar-refractivity contribution in [3.05, 3.63) is 24.8 Å². The lowest BCUT2D eigenvalue weighted by atomic mass is 10.1. The highest BCUT2D eigenvalue weighted by Gasteiger charge is 2.12. The Hall–Kier alpha value is -1.91. The monoisotopic (exact) mass is 247 g/mol. The SMILES string of the molecule is CCC(CCCC(=O)O)n1cnc2cnccc21. The predicted octanol–water partition coefficient (Wildman–Crippen LogP) is 2.64. The summed E-state index contributed by atoms with van der Waals surface area (Å²) in [6.45, 7) is 2.11. The van der Waals surface area contributed by atoms with Gasteiger partial charge in [-0.15, -0.1) is 0 Å². The number of hydrogen-bond donors (Lipinski definition) is 1. The zero-order valence-corrected chi connectivity index (χ0v) is 10.4. The van der Waals surface area contributed by atoms with E-state index in [-0.39, 0.29) is 6.42 Å². The van der Waals surface area contributed by atoms with Crippen LogP contribution in [0, 0.1) is 0 Å². The van der Waals surface area contributed by atoms with Crippen molar-refractivity contribution in [2.75, 3.05) is 0 Å². The van der Waals surface area contributed by atoms with Gasteiger partial charge in [0.2, 0.25) is 0 Å². The van der Waals surface area contributed by atoms with E-state index in [0.717, 1.165) is 23.9 Å². The van der Waals surface area contributed by atoms with Crippen molar-refractivity contribution in [1.82, 2.24) is 14.5 Å². The third-order valence-electron chi connectivity index (χ3n) is 3.17. The molecule has 0 aliphatic heterocycles. The van der Waals surface area contributed by atoms with Crippen LogP contribution in [0.15, 0.2) is 24.8 Å². The number of aromatic nitrogens is 3. The maximum atomic E-state index is 10.5. The molecule has 0 spiro atoms. The van der Waals surface area contributed by atoms with E-state index in [4.69, 9.17) is 5.11 Å². The summed E-state index contributed by atoms with van der Waals surface area (Å²) in [5, 5.41) is 8.67. The Bertz CT molecular complexity index is 536. The molecule has 0 saturated carbocycles. The van der Waals surface area contributed by atoms with E-state index in [0.29, 0.717) is 12.5 Å². The molecular weight excluding hydrogens is 230 g/mol. The summed E-state index contributed by atoms with van der Waals surface area (Å²) in [6.07, 6.45) is 8.06. The first-order valence-electron chi connectivity index (χ1n) is 6.20. The van der Waals surface area contributed by atoms with Crippen molar-refractivity contribution in [3.63, 3.8) is 0 Å². The fraction of sp³-hybridized carbons (Fsp3) is 0.462. The van der Waals surface area contributed by atoms with Crippen LogP contribution in [0.2, 0.25) is 0 Å². The molecule has 1 atom stereocenters. The minimum Gasteiger partial charge on any atom is -0.481 e. The first-order valence-corrected chi connectivity index (χ1v) is 6.20. The highest BCUT2D eigenvalue weighted by atomic mass is 16.4. The fourth-order valence-electron chi connectivity index (χ4n) is 2.20.